The first-order chi connectivity index (χ1) is 8.18. The van der Waals surface area contributed by atoms with Gasteiger partial charge in [-0.3, -0.25) is 0 Å². The maximum absolute atomic E-state index is 11.9. The molecule has 0 bridgehead atoms. The van der Waals surface area contributed by atoms with Crippen LogP contribution in [0.25, 0.3) is 0 Å². The van der Waals surface area contributed by atoms with Crippen molar-refractivity contribution in [1.82, 2.24) is 4.90 Å². The number of hydrogen-bond acceptors (Lipinski definition) is 5. The molecule has 1 amide bonds. The summed E-state index contributed by atoms with van der Waals surface area (Å²) in [5.41, 5.74) is 4.30. The SMILES string of the molecule is COC(=O)[C@]1(N)CCCN(C(=O)OC(C)(C)C)C1. The second-order valence-corrected chi connectivity index (χ2v) is 5.65. The van der Waals surface area contributed by atoms with Crippen molar-refractivity contribution in [2.75, 3.05) is 20.2 Å². The number of methoxy groups -OCH3 is 1. The van der Waals surface area contributed by atoms with Gasteiger partial charge in [0.2, 0.25) is 0 Å². The molecule has 0 aliphatic carbocycles. The van der Waals surface area contributed by atoms with Crippen LogP contribution in [0, 0.1) is 0 Å². The molecule has 6 heteroatoms. The van der Waals surface area contributed by atoms with Gasteiger partial charge in [-0.2, -0.15) is 0 Å². The van der Waals surface area contributed by atoms with Gasteiger partial charge in [-0.1, -0.05) is 0 Å². The highest BCUT2D eigenvalue weighted by atomic mass is 16.6. The molecule has 0 aromatic carbocycles. The summed E-state index contributed by atoms with van der Waals surface area (Å²) in [6.45, 7) is 6.07. The highest BCUT2D eigenvalue weighted by Crippen LogP contribution is 2.22. The van der Waals surface area contributed by atoms with Crippen molar-refractivity contribution in [3.05, 3.63) is 0 Å². The normalized spacial score (nSPS) is 24.6. The molecular formula is C12H22N2O4. The van der Waals surface area contributed by atoms with E-state index < -0.39 is 23.2 Å². The summed E-state index contributed by atoms with van der Waals surface area (Å²) in [4.78, 5) is 25.0. The summed E-state index contributed by atoms with van der Waals surface area (Å²) >= 11 is 0. The van der Waals surface area contributed by atoms with Gasteiger partial charge in [0.05, 0.1) is 13.7 Å². The Morgan fingerprint density at radius 3 is 2.44 bits per heavy atom. The van der Waals surface area contributed by atoms with Crippen molar-refractivity contribution < 1.29 is 19.1 Å². The zero-order chi connectivity index (χ0) is 14.0. The van der Waals surface area contributed by atoms with Crippen molar-refractivity contribution in [2.45, 2.75) is 44.8 Å². The number of rotatable bonds is 1. The quantitative estimate of drug-likeness (QED) is 0.706. The van der Waals surface area contributed by atoms with E-state index in [0.717, 1.165) is 0 Å². The van der Waals surface area contributed by atoms with Crippen LogP contribution in [0.1, 0.15) is 33.6 Å². The second-order valence-electron chi connectivity index (χ2n) is 5.65. The minimum absolute atomic E-state index is 0.134. The topological polar surface area (TPSA) is 81.9 Å². The number of hydrogen-bond donors (Lipinski definition) is 1. The molecule has 1 heterocycles. The number of nitrogens with zero attached hydrogens (tertiary/aromatic N) is 1. The number of carbonyl (C=O) groups excluding carboxylic acids is 2. The lowest BCUT2D eigenvalue weighted by molar-refractivity contribution is -0.149. The Labute approximate surface area is 107 Å². The summed E-state index contributed by atoms with van der Waals surface area (Å²) in [5.74, 6) is -0.490. The fourth-order valence-electron chi connectivity index (χ4n) is 1.94. The number of ether oxygens (including phenoxy) is 2. The minimum Gasteiger partial charge on any atom is -0.468 e. The van der Waals surface area contributed by atoms with E-state index >= 15 is 0 Å². The lowest BCUT2D eigenvalue weighted by atomic mass is 9.90. The van der Waals surface area contributed by atoms with Crippen LogP contribution in [0.15, 0.2) is 0 Å². The van der Waals surface area contributed by atoms with Crippen LogP contribution < -0.4 is 5.73 Å². The van der Waals surface area contributed by atoms with Gasteiger partial charge in [-0.25, -0.2) is 9.59 Å². The third-order valence-corrected chi connectivity index (χ3v) is 2.77. The average molecular weight is 258 g/mol. The fraction of sp³-hybridized carbons (Fsp3) is 0.833. The van der Waals surface area contributed by atoms with Crippen molar-refractivity contribution in [1.29, 1.82) is 0 Å². The van der Waals surface area contributed by atoms with Gasteiger partial charge >= 0.3 is 12.1 Å². The molecule has 104 valence electrons. The fourth-order valence-corrected chi connectivity index (χ4v) is 1.94. The van der Waals surface area contributed by atoms with Crippen LogP contribution in [-0.4, -0.2) is 48.3 Å². The van der Waals surface area contributed by atoms with Crippen LogP contribution in [-0.2, 0) is 14.3 Å². The van der Waals surface area contributed by atoms with E-state index in [0.29, 0.717) is 19.4 Å². The molecule has 0 unspecified atom stereocenters. The Balaban J connectivity index is 2.69. The molecule has 1 aliphatic heterocycles. The molecule has 0 spiro atoms. The zero-order valence-electron chi connectivity index (χ0n) is 11.5. The lowest BCUT2D eigenvalue weighted by Crippen LogP contribution is -2.61. The summed E-state index contributed by atoms with van der Waals surface area (Å²) in [7, 11) is 1.30. The molecule has 1 aliphatic rings. The molecule has 1 saturated heterocycles. The van der Waals surface area contributed by atoms with Gasteiger partial charge in [0.15, 0.2) is 0 Å². The first-order valence-corrected chi connectivity index (χ1v) is 6.03. The number of likely N-dealkylation sites (tertiary alicyclic amines) is 1. The van der Waals surface area contributed by atoms with E-state index in [-0.39, 0.29) is 6.54 Å². The molecule has 1 rings (SSSR count). The van der Waals surface area contributed by atoms with Crippen molar-refractivity contribution in [3.8, 4) is 0 Å². The molecule has 0 saturated carbocycles. The second kappa shape index (κ2) is 5.14. The molecule has 0 radical (unpaired) electrons. The van der Waals surface area contributed by atoms with Crippen molar-refractivity contribution in [3.63, 3.8) is 0 Å². The standard InChI is InChI=1S/C12H22N2O4/c1-11(2,3)18-10(16)14-7-5-6-12(13,8-14)9(15)17-4/h5-8,13H2,1-4H3/t12-/m0/s1. The third-order valence-electron chi connectivity index (χ3n) is 2.77. The highest BCUT2D eigenvalue weighted by molar-refractivity contribution is 5.82. The zero-order valence-corrected chi connectivity index (χ0v) is 11.5. The van der Waals surface area contributed by atoms with Crippen LogP contribution in [0.3, 0.4) is 0 Å². The van der Waals surface area contributed by atoms with Crippen LogP contribution in [0.4, 0.5) is 4.79 Å². The molecular weight excluding hydrogens is 236 g/mol. The van der Waals surface area contributed by atoms with E-state index in [4.69, 9.17) is 10.5 Å². The Morgan fingerprint density at radius 2 is 1.94 bits per heavy atom. The summed E-state index contributed by atoms with van der Waals surface area (Å²) in [6.07, 6.45) is 0.727. The van der Waals surface area contributed by atoms with Gasteiger partial charge in [-0.15, -0.1) is 0 Å². The third kappa shape index (κ3) is 3.60. The van der Waals surface area contributed by atoms with Crippen LogP contribution in [0.5, 0.6) is 0 Å². The molecule has 6 nitrogen and oxygen atoms in total. The summed E-state index contributed by atoms with van der Waals surface area (Å²) in [5, 5.41) is 0. The van der Waals surface area contributed by atoms with E-state index in [9.17, 15) is 9.59 Å². The number of amides is 1. The smallest absolute Gasteiger partial charge is 0.410 e. The van der Waals surface area contributed by atoms with E-state index in [1.54, 1.807) is 20.8 Å². The molecule has 1 fully saturated rings. The number of esters is 1. The first-order valence-electron chi connectivity index (χ1n) is 6.03. The molecule has 0 aromatic rings. The van der Waals surface area contributed by atoms with Gasteiger partial charge in [-0.05, 0) is 33.6 Å². The Kier molecular flexibility index (Phi) is 4.21. The molecule has 2 N–H and O–H groups in total. The van der Waals surface area contributed by atoms with E-state index in [1.807, 2.05) is 0 Å². The maximum atomic E-state index is 11.9. The first kappa shape index (κ1) is 14.8. The molecule has 1 atom stereocenters. The highest BCUT2D eigenvalue weighted by Gasteiger charge is 2.42. The summed E-state index contributed by atoms with van der Waals surface area (Å²) in [6, 6.07) is 0. The van der Waals surface area contributed by atoms with Crippen LogP contribution >= 0.6 is 0 Å². The molecule has 0 aromatic heterocycles. The van der Waals surface area contributed by atoms with E-state index in [1.165, 1.54) is 12.0 Å². The lowest BCUT2D eigenvalue weighted by Gasteiger charge is -2.38. The summed E-state index contributed by atoms with van der Waals surface area (Å²) < 4.78 is 9.94. The largest absolute Gasteiger partial charge is 0.468 e. The van der Waals surface area contributed by atoms with Crippen molar-refractivity contribution >= 4 is 12.1 Å². The monoisotopic (exact) mass is 258 g/mol. The predicted octanol–water partition coefficient (Wildman–Crippen LogP) is 0.888. The molecule has 18 heavy (non-hydrogen) atoms. The number of carbonyl (C=O) groups is 2. The maximum Gasteiger partial charge on any atom is 0.410 e. The minimum atomic E-state index is -1.12. The van der Waals surface area contributed by atoms with Gasteiger partial charge in [0.1, 0.15) is 11.1 Å². The Hall–Kier alpha value is -1.30. The average Bonchev–Trinajstić information content (AvgIpc) is 2.25. The number of piperidine rings is 1. The Morgan fingerprint density at radius 1 is 1.33 bits per heavy atom. The van der Waals surface area contributed by atoms with Gasteiger partial charge in [0.25, 0.3) is 0 Å². The predicted molar refractivity (Wildman–Crippen MR) is 66.0 cm³/mol. The van der Waals surface area contributed by atoms with E-state index in [2.05, 4.69) is 4.74 Å². The van der Waals surface area contributed by atoms with Gasteiger partial charge in [0, 0.05) is 6.54 Å². The number of nitrogens with two attached hydrogens (primary N) is 1. The van der Waals surface area contributed by atoms with Crippen LogP contribution in [0.2, 0.25) is 0 Å². The Bertz CT molecular complexity index is 337. The van der Waals surface area contributed by atoms with Gasteiger partial charge < -0.3 is 20.1 Å². The van der Waals surface area contributed by atoms with Crippen molar-refractivity contribution in [2.24, 2.45) is 5.73 Å².